The number of rotatable bonds is 4. The van der Waals surface area contributed by atoms with Crippen LogP contribution in [-0.4, -0.2) is 17.1 Å². The summed E-state index contributed by atoms with van der Waals surface area (Å²) in [4.78, 5) is 34.8. The number of thioether (sulfide) groups is 1. The smallest absolute Gasteiger partial charge is 0.311 e. The Hall–Kier alpha value is -2.08. The number of hydrogen-bond donors (Lipinski definition) is 1. The monoisotopic (exact) mass is 331 g/mol. The lowest BCUT2D eigenvalue weighted by atomic mass is 10.0. The first-order valence-electron chi connectivity index (χ1n) is 7.66. The lowest BCUT2D eigenvalue weighted by Crippen LogP contribution is -2.17. The maximum Gasteiger partial charge on any atom is 0.311 e. The van der Waals surface area contributed by atoms with Crippen molar-refractivity contribution < 1.29 is 19.1 Å². The SMILES string of the molecule is O=C(CC1CCCC1)Oc1ccc(C=C2SC(=O)NC2=O)cc1. The zero-order valence-electron chi connectivity index (χ0n) is 12.5. The standard InChI is InChI=1S/C17H17NO4S/c19-15(10-11-3-1-2-4-11)22-13-7-5-12(6-8-13)9-14-16(20)18-17(21)23-14/h5-9,11H,1-4,10H2,(H,18,20,21). The zero-order valence-corrected chi connectivity index (χ0v) is 13.4. The molecule has 5 nitrogen and oxygen atoms in total. The molecule has 2 fully saturated rings. The van der Waals surface area contributed by atoms with E-state index in [1.54, 1.807) is 30.3 Å². The summed E-state index contributed by atoms with van der Waals surface area (Å²) in [5.74, 6) is 0.378. The molecule has 2 amide bonds. The summed E-state index contributed by atoms with van der Waals surface area (Å²) in [7, 11) is 0. The van der Waals surface area contributed by atoms with Crippen LogP contribution in [0.3, 0.4) is 0 Å². The van der Waals surface area contributed by atoms with Gasteiger partial charge in [-0.25, -0.2) is 0 Å². The molecule has 2 aliphatic rings. The number of imide groups is 1. The third-order valence-electron chi connectivity index (χ3n) is 3.98. The third kappa shape index (κ3) is 4.22. The van der Waals surface area contributed by atoms with Crippen LogP contribution in [0.2, 0.25) is 0 Å². The fraction of sp³-hybridized carbons (Fsp3) is 0.353. The molecule has 1 N–H and O–H groups in total. The predicted octanol–water partition coefficient (Wildman–Crippen LogP) is 3.50. The van der Waals surface area contributed by atoms with Crippen molar-refractivity contribution in [1.29, 1.82) is 0 Å². The third-order valence-corrected chi connectivity index (χ3v) is 4.79. The Kier molecular flexibility index (Phi) is 4.81. The molecule has 0 atom stereocenters. The van der Waals surface area contributed by atoms with E-state index in [1.165, 1.54) is 12.8 Å². The second kappa shape index (κ2) is 7.00. The summed E-state index contributed by atoms with van der Waals surface area (Å²) in [6.07, 6.45) is 6.74. The van der Waals surface area contributed by atoms with E-state index in [9.17, 15) is 14.4 Å². The Morgan fingerprint density at radius 1 is 1.22 bits per heavy atom. The molecule has 0 spiro atoms. The van der Waals surface area contributed by atoms with Gasteiger partial charge in [-0.2, -0.15) is 0 Å². The Morgan fingerprint density at radius 3 is 2.52 bits per heavy atom. The molecule has 0 bridgehead atoms. The van der Waals surface area contributed by atoms with Gasteiger partial charge in [-0.05, 0) is 54.3 Å². The molecule has 23 heavy (non-hydrogen) atoms. The molecule has 1 heterocycles. The first kappa shape index (κ1) is 15.8. The highest BCUT2D eigenvalue weighted by molar-refractivity contribution is 8.18. The van der Waals surface area contributed by atoms with E-state index in [-0.39, 0.29) is 17.1 Å². The number of benzene rings is 1. The molecule has 0 unspecified atom stereocenters. The van der Waals surface area contributed by atoms with Gasteiger partial charge in [0.05, 0.1) is 4.91 Å². The minimum Gasteiger partial charge on any atom is -0.427 e. The summed E-state index contributed by atoms with van der Waals surface area (Å²) in [5.41, 5.74) is 0.771. The molecule has 1 aromatic rings. The molecule has 0 radical (unpaired) electrons. The van der Waals surface area contributed by atoms with Gasteiger partial charge >= 0.3 is 5.97 Å². The normalized spacial score (nSPS) is 20.1. The first-order chi connectivity index (χ1) is 11.1. The molecular weight excluding hydrogens is 314 g/mol. The van der Waals surface area contributed by atoms with Gasteiger partial charge in [-0.15, -0.1) is 0 Å². The molecule has 1 saturated heterocycles. The summed E-state index contributed by atoms with van der Waals surface area (Å²) >= 11 is 0.877. The van der Waals surface area contributed by atoms with E-state index in [0.29, 0.717) is 23.0 Å². The average molecular weight is 331 g/mol. The van der Waals surface area contributed by atoms with Gasteiger partial charge in [0, 0.05) is 6.42 Å². The number of esters is 1. The second-order valence-electron chi connectivity index (χ2n) is 5.75. The van der Waals surface area contributed by atoms with Crippen LogP contribution in [0.4, 0.5) is 4.79 Å². The highest BCUT2D eigenvalue weighted by Crippen LogP contribution is 2.28. The molecular formula is C17H17NO4S. The van der Waals surface area contributed by atoms with Crippen LogP contribution >= 0.6 is 11.8 Å². The molecule has 3 rings (SSSR count). The van der Waals surface area contributed by atoms with Crippen LogP contribution in [0, 0.1) is 5.92 Å². The number of ether oxygens (including phenoxy) is 1. The lowest BCUT2D eigenvalue weighted by molar-refractivity contribution is -0.135. The molecule has 1 aromatic carbocycles. The van der Waals surface area contributed by atoms with Crippen molar-refractivity contribution in [2.75, 3.05) is 0 Å². The van der Waals surface area contributed by atoms with Crippen molar-refractivity contribution in [2.45, 2.75) is 32.1 Å². The van der Waals surface area contributed by atoms with Crippen molar-refractivity contribution in [3.8, 4) is 5.75 Å². The average Bonchev–Trinajstić information content (AvgIpc) is 3.11. The lowest BCUT2D eigenvalue weighted by Gasteiger charge is -2.08. The highest BCUT2D eigenvalue weighted by atomic mass is 32.2. The van der Waals surface area contributed by atoms with Gasteiger partial charge in [0.1, 0.15) is 5.75 Å². The van der Waals surface area contributed by atoms with Gasteiger partial charge < -0.3 is 4.74 Å². The van der Waals surface area contributed by atoms with E-state index < -0.39 is 0 Å². The molecule has 6 heteroatoms. The summed E-state index contributed by atoms with van der Waals surface area (Å²) in [5, 5.41) is 1.84. The van der Waals surface area contributed by atoms with Crippen molar-refractivity contribution in [2.24, 2.45) is 5.92 Å². The molecule has 0 aromatic heterocycles. The largest absolute Gasteiger partial charge is 0.427 e. The Bertz CT molecular complexity index is 660. The molecule has 1 aliphatic heterocycles. The quantitative estimate of drug-likeness (QED) is 0.519. The molecule has 1 aliphatic carbocycles. The fourth-order valence-electron chi connectivity index (χ4n) is 2.83. The van der Waals surface area contributed by atoms with E-state index in [0.717, 1.165) is 30.2 Å². The molecule has 120 valence electrons. The van der Waals surface area contributed by atoms with Crippen molar-refractivity contribution >= 4 is 35.0 Å². The van der Waals surface area contributed by atoms with E-state index in [4.69, 9.17) is 4.74 Å². The minimum atomic E-state index is -0.382. The predicted molar refractivity (Wildman–Crippen MR) is 87.8 cm³/mol. The van der Waals surface area contributed by atoms with Crippen LogP contribution in [0.5, 0.6) is 5.75 Å². The van der Waals surface area contributed by atoms with E-state index >= 15 is 0 Å². The van der Waals surface area contributed by atoms with E-state index in [2.05, 4.69) is 5.32 Å². The first-order valence-corrected chi connectivity index (χ1v) is 8.47. The Morgan fingerprint density at radius 2 is 1.91 bits per heavy atom. The van der Waals surface area contributed by atoms with Crippen LogP contribution < -0.4 is 10.1 Å². The maximum absolute atomic E-state index is 11.9. The van der Waals surface area contributed by atoms with Gasteiger partial charge in [0.15, 0.2) is 0 Å². The topological polar surface area (TPSA) is 72.5 Å². The number of hydrogen-bond acceptors (Lipinski definition) is 5. The van der Waals surface area contributed by atoms with Crippen LogP contribution in [0.1, 0.15) is 37.7 Å². The van der Waals surface area contributed by atoms with Gasteiger partial charge in [-0.1, -0.05) is 25.0 Å². The summed E-state index contributed by atoms with van der Waals surface area (Å²) < 4.78 is 5.34. The van der Waals surface area contributed by atoms with Gasteiger partial charge in [0.2, 0.25) is 0 Å². The fourth-order valence-corrected chi connectivity index (χ4v) is 3.51. The minimum absolute atomic E-state index is 0.195. The van der Waals surface area contributed by atoms with Crippen LogP contribution in [0.15, 0.2) is 29.2 Å². The Labute approximate surface area is 138 Å². The number of amides is 2. The van der Waals surface area contributed by atoms with Crippen molar-refractivity contribution in [3.05, 3.63) is 34.7 Å². The summed E-state index contributed by atoms with van der Waals surface area (Å²) in [6.45, 7) is 0. The number of carbonyl (C=O) groups is 3. The second-order valence-corrected chi connectivity index (χ2v) is 6.76. The number of carbonyl (C=O) groups excluding carboxylic acids is 3. The Balaban J connectivity index is 1.58. The van der Waals surface area contributed by atoms with Gasteiger partial charge in [0.25, 0.3) is 11.1 Å². The number of nitrogens with one attached hydrogen (secondary N) is 1. The van der Waals surface area contributed by atoms with Crippen LogP contribution in [-0.2, 0) is 9.59 Å². The summed E-state index contributed by atoms with van der Waals surface area (Å²) in [6, 6.07) is 6.89. The highest BCUT2D eigenvalue weighted by Gasteiger charge is 2.25. The zero-order chi connectivity index (χ0) is 16.2. The van der Waals surface area contributed by atoms with Crippen molar-refractivity contribution in [3.63, 3.8) is 0 Å². The van der Waals surface area contributed by atoms with E-state index in [1.807, 2.05) is 0 Å². The van der Waals surface area contributed by atoms with Crippen molar-refractivity contribution in [1.82, 2.24) is 5.32 Å². The van der Waals surface area contributed by atoms with Gasteiger partial charge in [-0.3, -0.25) is 19.7 Å². The maximum atomic E-state index is 11.9. The van der Waals surface area contributed by atoms with Crippen LogP contribution in [0.25, 0.3) is 6.08 Å². The molecule has 1 saturated carbocycles.